The monoisotopic (exact) mass is 348 g/mol. The Balaban J connectivity index is 4.87. The number of carbonyl (C=O) groups is 4. The maximum Gasteiger partial charge on any atom is 0.322 e. The van der Waals surface area contributed by atoms with Crippen molar-refractivity contribution in [1.82, 2.24) is 16.0 Å². The summed E-state index contributed by atoms with van der Waals surface area (Å²) < 4.78 is 0. The predicted molar refractivity (Wildman–Crippen MR) is 81.5 cm³/mol. The van der Waals surface area contributed by atoms with Crippen molar-refractivity contribution in [3.63, 3.8) is 0 Å². The van der Waals surface area contributed by atoms with E-state index in [0.29, 0.717) is 0 Å². The Kier molecular flexibility index (Phi) is 9.54. The Labute approximate surface area is 138 Å². The molecule has 0 rings (SSSR count). The highest BCUT2D eigenvalue weighted by molar-refractivity contribution is 5.93. The number of carbonyl (C=O) groups excluding carboxylic acids is 3. The molecule has 11 nitrogen and oxygen atoms in total. The van der Waals surface area contributed by atoms with E-state index in [4.69, 9.17) is 15.9 Å². The van der Waals surface area contributed by atoms with Crippen LogP contribution in [-0.2, 0) is 19.2 Å². The quantitative estimate of drug-likeness (QED) is 0.208. The van der Waals surface area contributed by atoms with Gasteiger partial charge in [0.25, 0.3) is 0 Å². The fourth-order valence-electron chi connectivity index (χ4n) is 1.62. The summed E-state index contributed by atoms with van der Waals surface area (Å²) in [6, 6.07) is -3.69. The van der Waals surface area contributed by atoms with Crippen LogP contribution in [-0.4, -0.2) is 76.9 Å². The lowest BCUT2D eigenvalue weighted by molar-refractivity contribution is -0.139. The van der Waals surface area contributed by atoms with Gasteiger partial charge in [0.2, 0.25) is 17.7 Å². The summed E-state index contributed by atoms with van der Waals surface area (Å²) in [5, 5.41) is 33.1. The SMILES string of the molecule is CC(C)C(NC(=O)C(CO)NC(=O)C(N)CO)C(=O)NCC(=O)O. The van der Waals surface area contributed by atoms with Gasteiger partial charge in [-0.1, -0.05) is 13.8 Å². The van der Waals surface area contributed by atoms with Gasteiger partial charge in [-0.3, -0.25) is 19.2 Å². The molecule has 0 radical (unpaired) electrons. The minimum Gasteiger partial charge on any atom is -0.480 e. The molecule has 0 aromatic carbocycles. The second-order valence-corrected chi connectivity index (χ2v) is 5.37. The molecule has 0 bridgehead atoms. The molecule has 138 valence electrons. The number of aliphatic hydroxyl groups is 2. The number of rotatable bonds is 10. The summed E-state index contributed by atoms with van der Waals surface area (Å²) in [7, 11) is 0. The van der Waals surface area contributed by atoms with Gasteiger partial charge in [0.15, 0.2) is 0 Å². The zero-order chi connectivity index (χ0) is 18.9. The Bertz CT molecular complexity index is 469. The van der Waals surface area contributed by atoms with Crippen LogP contribution in [0, 0.1) is 5.92 Å². The average Bonchev–Trinajstić information content (AvgIpc) is 2.53. The third-order valence-corrected chi connectivity index (χ3v) is 3.01. The summed E-state index contributed by atoms with van der Waals surface area (Å²) >= 11 is 0. The van der Waals surface area contributed by atoms with Gasteiger partial charge < -0.3 is 37.0 Å². The normalized spacial score (nSPS) is 14.4. The molecule has 0 spiro atoms. The van der Waals surface area contributed by atoms with Crippen molar-refractivity contribution in [1.29, 1.82) is 0 Å². The molecular formula is C13H24N4O7. The second-order valence-electron chi connectivity index (χ2n) is 5.37. The van der Waals surface area contributed by atoms with Gasteiger partial charge in [0, 0.05) is 0 Å². The molecule has 0 saturated heterocycles. The molecular weight excluding hydrogens is 324 g/mol. The Morgan fingerprint density at radius 1 is 0.958 bits per heavy atom. The fraction of sp³-hybridized carbons (Fsp3) is 0.692. The summed E-state index contributed by atoms with van der Waals surface area (Å²) in [4.78, 5) is 46.0. The molecule has 3 amide bonds. The summed E-state index contributed by atoms with van der Waals surface area (Å²) in [6.45, 7) is 1.25. The van der Waals surface area contributed by atoms with Crippen LogP contribution in [0.4, 0.5) is 0 Å². The highest BCUT2D eigenvalue weighted by atomic mass is 16.4. The molecule has 11 heteroatoms. The Morgan fingerprint density at radius 3 is 1.96 bits per heavy atom. The number of aliphatic hydroxyl groups excluding tert-OH is 2. The van der Waals surface area contributed by atoms with Crippen LogP contribution in [0.15, 0.2) is 0 Å². The third-order valence-electron chi connectivity index (χ3n) is 3.01. The lowest BCUT2D eigenvalue weighted by Crippen LogP contribution is -2.58. The van der Waals surface area contributed by atoms with E-state index in [1.54, 1.807) is 13.8 Å². The van der Waals surface area contributed by atoms with Crippen molar-refractivity contribution in [2.45, 2.75) is 32.0 Å². The topological polar surface area (TPSA) is 191 Å². The predicted octanol–water partition coefficient (Wildman–Crippen LogP) is -3.88. The molecule has 0 heterocycles. The van der Waals surface area contributed by atoms with Crippen molar-refractivity contribution >= 4 is 23.7 Å². The summed E-state index contributed by atoms with van der Waals surface area (Å²) in [5.41, 5.74) is 5.29. The first-order valence-corrected chi connectivity index (χ1v) is 7.21. The number of carboxylic acids is 1. The van der Waals surface area contributed by atoms with Crippen molar-refractivity contribution in [2.24, 2.45) is 11.7 Å². The van der Waals surface area contributed by atoms with Gasteiger partial charge in [-0.05, 0) is 5.92 Å². The zero-order valence-corrected chi connectivity index (χ0v) is 13.5. The molecule has 8 N–H and O–H groups in total. The largest absolute Gasteiger partial charge is 0.480 e. The van der Waals surface area contributed by atoms with Gasteiger partial charge in [-0.2, -0.15) is 0 Å². The van der Waals surface area contributed by atoms with E-state index >= 15 is 0 Å². The van der Waals surface area contributed by atoms with Crippen LogP contribution < -0.4 is 21.7 Å². The number of carboxylic acid groups (broad SMARTS) is 1. The highest BCUT2D eigenvalue weighted by Gasteiger charge is 2.29. The number of nitrogens with one attached hydrogen (secondary N) is 3. The molecule has 0 fully saturated rings. The molecule has 0 aliphatic rings. The van der Waals surface area contributed by atoms with Crippen LogP contribution in [0.2, 0.25) is 0 Å². The first-order chi connectivity index (χ1) is 11.1. The maximum absolute atomic E-state index is 12.1. The Hall–Kier alpha value is -2.24. The van der Waals surface area contributed by atoms with Gasteiger partial charge in [-0.25, -0.2) is 0 Å². The zero-order valence-electron chi connectivity index (χ0n) is 13.5. The standard InChI is InChI=1S/C13H24N4O7/c1-6(2)10(13(24)15-3-9(20)21)17-12(23)8(5-19)16-11(22)7(14)4-18/h6-8,10,18-19H,3-5,14H2,1-2H3,(H,15,24)(H,16,22)(H,17,23)(H,20,21). The van der Waals surface area contributed by atoms with Crippen LogP contribution in [0.25, 0.3) is 0 Å². The molecule has 0 aliphatic heterocycles. The van der Waals surface area contributed by atoms with E-state index in [1.165, 1.54) is 0 Å². The first kappa shape index (κ1) is 21.8. The van der Waals surface area contributed by atoms with Crippen LogP contribution in [0.1, 0.15) is 13.8 Å². The summed E-state index contributed by atoms with van der Waals surface area (Å²) in [5.74, 6) is -4.02. The Morgan fingerprint density at radius 2 is 1.54 bits per heavy atom. The van der Waals surface area contributed by atoms with E-state index in [0.717, 1.165) is 0 Å². The van der Waals surface area contributed by atoms with Crippen molar-refractivity contribution < 1.29 is 34.5 Å². The molecule has 3 atom stereocenters. The lowest BCUT2D eigenvalue weighted by Gasteiger charge is -2.24. The van der Waals surface area contributed by atoms with E-state index in [-0.39, 0.29) is 5.92 Å². The van der Waals surface area contributed by atoms with Gasteiger partial charge in [0.05, 0.1) is 13.2 Å². The fourth-order valence-corrected chi connectivity index (χ4v) is 1.62. The molecule has 0 aromatic rings. The van der Waals surface area contributed by atoms with Crippen LogP contribution in [0.3, 0.4) is 0 Å². The number of hydrogen-bond acceptors (Lipinski definition) is 7. The van der Waals surface area contributed by atoms with E-state index < -0.39 is 61.6 Å². The first-order valence-electron chi connectivity index (χ1n) is 7.21. The molecule has 0 aromatic heterocycles. The minimum absolute atomic E-state index is 0.377. The average molecular weight is 348 g/mol. The number of hydrogen-bond donors (Lipinski definition) is 7. The summed E-state index contributed by atoms with van der Waals surface area (Å²) in [6.07, 6.45) is 0. The minimum atomic E-state index is -1.37. The van der Waals surface area contributed by atoms with E-state index in [1.807, 2.05) is 0 Å². The lowest BCUT2D eigenvalue weighted by atomic mass is 10.0. The van der Waals surface area contributed by atoms with Crippen LogP contribution in [0.5, 0.6) is 0 Å². The molecule has 0 aliphatic carbocycles. The van der Waals surface area contributed by atoms with Crippen molar-refractivity contribution in [2.75, 3.05) is 19.8 Å². The third kappa shape index (κ3) is 7.35. The van der Waals surface area contributed by atoms with E-state index in [9.17, 15) is 24.3 Å². The molecule has 24 heavy (non-hydrogen) atoms. The second kappa shape index (κ2) is 10.5. The van der Waals surface area contributed by atoms with Crippen LogP contribution >= 0.6 is 0 Å². The van der Waals surface area contributed by atoms with E-state index in [2.05, 4.69) is 16.0 Å². The van der Waals surface area contributed by atoms with Gasteiger partial charge >= 0.3 is 5.97 Å². The van der Waals surface area contributed by atoms with Crippen molar-refractivity contribution in [3.8, 4) is 0 Å². The number of nitrogens with two attached hydrogens (primary N) is 1. The van der Waals surface area contributed by atoms with Gasteiger partial charge in [0.1, 0.15) is 24.7 Å². The van der Waals surface area contributed by atoms with Crippen molar-refractivity contribution in [3.05, 3.63) is 0 Å². The van der Waals surface area contributed by atoms with Gasteiger partial charge in [-0.15, -0.1) is 0 Å². The number of amides is 3. The highest BCUT2D eigenvalue weighted by Crippen LogP contribution is 2.02. The molecule has 0 saturated carbocycles. The molecule has 3 unspecified atom stereocenters. The maximum atomic E-state index is 12.1. The number of aliphatic carboxylic acids is 1. The smallest absolute Gasteiger partial charge is 0.322 e.